The molecule has 1 heterocycles. The predicted molar refractivity (Wildman–Crippen MR) is 82.2 cm³/mol. The summed E-state index contributed by atoms with van der Waals surface area (Å²) in [6.07, 6.45) is -10.8. The van der Waals surface area contributed by atoms with Crippen LogP contribution in [0.5, 0.6) is 0 Å². The summed E-state index contributed by atoms with van der Waals surface area (Å²) in [6.45, 7) is 0.988. The first kappa shape index (κ1) is 21.8. The minimum absolute atomic E-state index is 0.253. The first-order valence-corrected chi connectivity index (χ1v) is 8.05. The second-order valence-corrected chi connectivity index (χ2v) is 6.35. The van der Waals surface area contributed by atoms with Gasteiger partial charge < -0.3 is 16.0 Å². The highest BCUT2D eigenvalue weighted by molar-refractivity contribution is 5.87. The van der Waals surface area contributed by atoms with Gasteiger partial charge in [0.2, 0.25) is 5.91 Å². The van der Waals surface area contributed by atoms with Crippen molar-refractivity contribution in [3.05, 3.63) is 35.1 Å². The SMILES string of the molecule is CC(c1cc(C(F)(F)F)ccc1F)N1C(=O)[C@H](NC(N)=O)CC[C@H]1C(F)(F)F. The van der Waals surface area contributed by atoms with Gasteiger partial charge in [-0.15, -0.1) is 0 Å². The number of piperidine rings is 1. The maximum atomic E-state index is 14.1. The Kier molecular flexibility index (Phi) is 5.81. The maximum Gasteiger partial charge on any atom is 0.416 e. The fraction of sp³-hybridized carbons (Fsp3) is 0.500. The van der Waals surface area contributed by atoms with Gasteiger partial charge >= 0.3 is 18.4 Å². The molecule has 3 N–H and O–H groups in total. The topological polar surface area (TPSA) is 75.4 Å². The van der Waals surface area contributed by atoms with Gasteiger partial charge in [-0.25, -0.2) is 9.18 Å². The summed E-state index contributed by atoms with van der Waals surface area (Å²) >= 11 is 0. The van der Waals surface area contributed by atoms with Gasteiger partial charge in [-0.05, 0) is 38.0 Å². The molecule has 0 aromatic heterocycles. The van der Waals surface area contributed by atoms with E-state index in [1.54, 1.807) is 0 Å². The highest BCUT2D eigenvalue weighted by atomic mass is 19.4. The second-order valence-electron chi connectivity index (χ2n) is 6.35. The third-order valence-corrected chi connectivity index (χ3v) is 4.50. The Hall–Kier alpha value is -2.53. The molecule has 0 saturated carbocycles. The number of carbonyl (C=O) groups is 2. The lowest BCUT2D eigenvalue weighted by Crippen LogP contribution is -2.61. The van der Waals surface area contributed by atoms with E-state index < -0.39 is 65.8 Å². The summed E-state index contributed by atoms with van der Waals surface area (Å²) in [4.78, 5) is 23.8. The number of carbonyl (C=O) groups excluding carboxylic acids is 2. The molecular weight excluding hydrogens is 399 g/mol. The predicted octanol–water partition coefficient (Wildman–Crippen LogP) is 3.50. The van der Waals surface area contributed by atoms with Gasteiger partial charge in [0.15, 0.2) is 0 Å². The standard InChI is InChI=1S/C16H16F7N3O2/c1-7(9-6-8(15(18,19)20)2-3-10(9)17)26-12(16(21,22)23)5-4-11(13(26)27)25-14(24)28/h2-3,6-7,11-12H,4-5H2,1H3,(H3,24,25,28)/t7?,11-,12+/m1/s1. The summed E-state index contributed by atoms with van der Waals surface area (Å²) in [5.41, 5.74) is 2.91. The fourth-order valence-corrected chi connectivity index (χ4v) is 3.20. The molecule has 3 amide bonds. The van der Waals surface area contributed by atoms with Crippen molar-refractivity contribution in [3.8, 4) is 0 Å². The monoisotopic (exact) mass is 415 g/mol. The minimum Gasteiger partial charge on any atom is -0.352 e. The van der Waals surface area contributed by atoms with Crippen molar-refractivity contribution in [2.24, 2.45) is 5.73 Å². The highest BCUT2D eigenvalue weighted by Crippen LogP contribution is 2.39. The van der Waals surface area contributed by atoms with Gasteiger partial charge in [-0.1, -0.05) is 0 Å². The van der Waals surface area contributed by atoms with E-state index in [1.807, 2.05) is 5.32 Å². The lowest BCUT2D eigenvalue weighted by molar-refractivity contribution is -0.203. The Morgan fingerprint density at radius 3 is 2.32 bits per heavy atom. The molecule has 1 unspecified atom stereocenters. The number of benzene rings is 1. The number of rotatable bonds is 3. The van der Waals surface area contributed by atoms with E-state index in [4.69, 9.17) is 5.73 Å². The molecule has 1 aliphatic heterocycles. The highest BCUT2D eigenvalue weighted by Gasteiger charge is 2.51. The van der Waals surface area contributed by atoms with Crippen LogP contribution in [0.15, 0.2) is 18.2 Å². The number of hydrogen-bond donors (Lipinski definition) is 2. The summed E-state index contributed by atoms with van der Waals surface area (Å²) in [5.74, 6) is -2.41. The van der Waals surface area contributed by atoms with Crippen LogP contribution in [0.1, 0.15) is 36.9 Å². The molecular formula is C16H16F7N3O2. The van der Waals surface area contributed by atoms with Crippen molar-refractivity contribution >= 4 is 11.9 Å². The molecule has 1 aromatic carbocycles. The fourth-order valence-electron chi connectivity index (χ4n) is 3.20. The number of urea groups is 1. The van der Waals surface area contributed by atoms with Gasteiger partial charge in [0.1, 0.15) is 17.9 Å². The van der Waals surface area contributed by atoms with E-state index in [0.29, 0.717) is 18.2 Å². The average molecular weight is 415 g/mol. The Morgan fingerprint density at radius 1 is 1.21 bits per heavy atom. The zero-order valence-electron chi connectivity index (χ0n) is 14.4. The number of hydrogen-bond acceptors (Lipinski definition) is 2. The Bertz CT molecular complexity index is 764. The lowest BCUT2D eigenvalue weighted by Gasteiger charge is -2.43. The molecule has 0 spiro atoms. The van der Waals surface area contributed by atoms with Crippen molar-refractivity contribution < 1.29 is 40.3 Å². The van der Waals surface area contributed by atoms with Gasteiger partial charge in [0.25, 0.3) is 0 Å². The first-order valence-electron chi connectivity index (χ1n) is 8.05. The van der Waals surface area contributed by atoms with E-state index >= 15 is 0 Å². The maximum absolute atomic E-state index is 14.1. The number of primary amides is 1. The number of nitrogens with two attached hydrogens (primary N) is 1. The van der Waals surface area contributed by atoms with Crippen LogP contribution < -0.4 is 11.1 Å². The largest absolute Gasteiger partial charge is 0.416 e. The molecule has 2 rings (SSSR count). The number of halogens is 7. The van der Waals surface area contributed by atoms with Crippen LogP contribution in [0, 0.1) is 5.82 Å². The van der Waals surface area contributed by atoms with E-state index in [0.717, 1.165) is 6.92 Å². The van der Waals surface area contributed by atoms with E-state index in [9.17, 15) is 40.3 Å². The number of nitrogens with zero attached hydrogens (tertiary/aromatic N) is 1. The summed E-state index contributed by atoms with van der Waals surface area (Å²) < 4.78 is 93.1. The quantitative estimate of drug-likeness (QED) is 0.742. The van der Waals surface area contributed by atoms with Crippen molar-refractivity contribution in [1.29, 1.82) is 0 Å². The van der Waals surface area contributed by atoms with Crippen LogP contribution in [0.2, 0.25) is 0 Å². The molecule has 0 radical (unpaired) electrons. The summed E-state index contributed by atoms with van der Waals surface area (Å²) in [7, 11) is 0. The second kappa shape index (κ2) is 7.47. The third-order valence-electron chi connectivity index (χ3n) is 4.50. The molecule has 5 nitrogen and oxygen atoms in total. The lowest BCUT2D eigenvalue weighted by atomic mass is 9.92. The number of alkyl halides is 6. The minimum atomic E-state index is -4.90. The van der Waals surface area contributed by atoms with Crippen LogP contribution in [0.25, 0.3) is 0 Å². The van der Waals surface area contributed by atoms with Crippen LogP contribution in [0.3, 0.4) is 0 Å². The molecule has 1 aliphatic rings. The number of likely N-dealkylation sites (tertiary alicyclic amines) is 1. The van der Waals surface area contributed by atoms with Crippen LogP contribution in [-0.2, 0) is 11.0 Å². The number of nitrogens with one attached hydrogen (secondary N) is 1. The van der Waals surface area contributed by atoms with Crippen molar-refractivity contribution in [2.75, 3.05) is 0 Å². The molecule has 1 fully saturated rings. The summed E-state index contributed by atoms with van der Waals surface area (Å²) in [5, 5.41) is 2.00. The number of amides is 3. The first-order chi connectivity index (χ1) is 12.7. The molecule has 28 heavy (non-hydrogen) atoms. The Labute approximate surface area is 154 Å². The molecule has 156 valence electrons. The van der Waals surface area contributed by atoms with Gasteiger partial charge in [0.05, 0.1) is 11.6 Å². The Morgan fingerprint density at radius 2 is 1.82 bits per heavy atom. The Balaban J connectivity index is 2.49. The smallest absolute Gasteiger partial charge is 0.352 e. The molecule has 1 aromatic rings. The summed E-state index contributed by atoms with van der Waals surface area (Å²) in [6, 6.07) is -5.29. The van der Waals surface area contributed by atoms with Crippen molar-refractivity contribution in [2.45, 2.75) is 50.2 Å². The molecule has 3 atom stereocenters. The molecule has 0 bridgehead atoms. The molecule has 12 heteroatoms. The van der Waals surface area contributed by atoms with Crippen molar-refractivity contribution in [1.82, 2.24) is 10.2 Å². The van der Waals surface area contributed by atoms with E-state index in [2.05, 4.69) is 0 Å². The molecule has 1 saturated heterocycles. The zero-order chi connectivity index (χ0) is 21.4. The van der Waals surface area contributed by atoms with E-state index in [-0.39, 0.29) is 11.3 Å². The van der Waals surface area contributed by atoms with Crippen LogP contribution in [0.4, 0.5) is 35.5 Å². The van der Waals surface area contributed by atoms with E-state index in [1.165, 1.54) is 0 Å². The van der Waals surface area contributed by atoms with Crippen LogP contribution in [-0.4, -0.2) is 35.1 Å². The zero-order valence-corrected chi connectivity index (χ0v) is 14.4. The van der Waals surface area contributed by atoms with Crippen LogP contribution >= 0.6 is 0 Å². The molecule has 0 aliphatic carbocycles. The van der Waals surface area contributed by atoms with Gasteiger partial charge in [-0.3, -0.25) is 4.79 Å². The third kappa shape index (κ3) is 4.47. The van der Waals surface area contributed by atoms with Gasteiger partial charge in [-0.2, -0.15) is 26.3 Å². The van der Waals surface area contributed by atoms with Crippen molar-refractivity contribution in [3.63, 3.8) is 0 Å². The average Bonchev–Trinajstić information content (AvgIpc) is 2.53. The normalized spacial score (nSPS) is 22.1. The van der Waals surface area contributed by atoms with Gasteiger partial charge in [0, 0.05) is 5.56 Å².